The fourth-order valence-corrected chi connectivity index (χ4v) is 2.65. The van der Waals surface area contributed by atoms with Crippen LogP contribution >= 0.6 is 15.9 Å². The number of carbonyl (C=O) groups is 1. The van der Waals surface area contributed by atoms with Gasteiger partial charge in [-0.25, -0.2) is 4.98 Å². The molecule has 1 atom stereocenters. The van der Waals surface area contributed by atoms with E-state index in [1.165, 1.54) is 12.8 Å². The maximum atomic E-state index is 12.0. The molecule has 2 rings (SSSR count). The summed E-state index contributed by atoms with van der Waals surface area (Å²) >= 11 is 3.31. The molecular weight excluding hydrogens is 306 g/mol. The summed E-state index contributed by atoms with van der Waals surface area (Å²) in [5, 5.41) is 6.45. The van der Waals surface area contributed by atoms with Crippen LogP contribution in [0.15, 0.2) is 22.8 Å². The molecule has 0 bridgehead atoms. The van der Waals surface area contributed by atoms with Gasteiger partial charge in [0.05, 0.1) is 0 Å². The van der Waals surface area contributed by atoms with Gasteiger partial charge >= 0.3 is 0 Å². The lowest BCUT2D eigenvalue weighted by Gasteiger charge is -2.39. The topological polar surface area (TPSA) is 54.0 Å². The number of amides is 1. The van der Waals surface area contributed by atoms with Gasteiger partial charge in [-0.1, -0.05) is 13.8 Å². The first kappa shape index (κ1) is 14.5. The SMILES string of the molecule is CC1(C)CCCNC1CNC(=O)c1ccc(Br)cn1. The Balaban J connectivity index is 1.91. The van der Waals surface area contributed by atoms with Crippen molar-refractivity contribution in [3.63, 3.8) is 0 Å². The number of halogens is 1. The Bertz CT molecular complexity index is 445. The van der Waals surface area contributed by atoms with Crippen molar-refractivity contribution in [2.45, 2.75) is 32.7 Å². The lowest BCUT2D eigenvalue weighted by molar-refractivity contribution is 0.0924. The van der Waals surface area contributed by atoms with E-state index in [-0.39, 0.29) is 11.3 Å². The van der Waals surface area contributed by atoms with Crippen LogP contribution in [0.2, 0.25) is 0 Å². The van der Waals surface area contributed by atoms with Gasteiger partial charge in [-0.05, 0) is 52.9 Å². The summed E-state index contributed by atoms with van der Waals surface area (Å²) in [6.07, 6.45) is 4.03. The van der Waals surface area contributed by atoms with Crippen LogP contribution in [0, 0.1) is 5.41 Å². The highest BCUT2D eigenvalue weighted by Gasteiger charge is 2.31. The van der Waals surface area contributed by atoms with Crippen molar-refractivity contribution in [3.8, 4) is 0 Å². The second-order valence-electron chi connectivity index (χ2n) is 5.67. The van der Waals surface area contributed by atoms with Crippen molar-refractivity contribution in [1.82, 2.24) is 15.6 Å². The van der Waals surface area contributed by atoms with Gasteiger partial charge in [-0.15, -0.1) is 0 Å². The maximum Gasteiger partial charge on any atom is 0.269 e. The second-order valence-corrected chi connectivity index (χ2v) is 6.59. The molecule has 1 unspecified atom stereocenters. The fourth-order valence-electron chi connectivity index (χ4n) is 2.41. The summed E-state index contributed by atoms with van der Waals surface area (Å²) in [5.41, 5.74) is 0.676. The maximum absolute atomic E-state index is 12.0. The Morgan fingerprint density at radius 2 is 2.37 bits per heavy atom. The molecule has 2 heterocycles. The van der Waals surface area contributed by atoms with E-state index in [1.807, 2.05) is 6.07 Å². The van der Waals surface area contributed by atoms with Crippen molar-refractivity contribution in [1.29, 1.82) is 0 Å². The smallest absolute Gasteiger partial charge is 0.269 e. The quantitative estimate of drug-likeness (QED) is 0.896. The summed E-state index contributed by atoms with van der Waals surface area (Å²) in [6, 6.07) is 3.87. The lowest BCUT2D eigenvalue weighted by atomic mass is 9.77. The number of carbonyl (C=O) groups excluding carboxylic acids is 1. The third kappa shape index (κ3) is 3.76. The minimum Gasteiger partial charge on any atom is -0.349 e. The van der Waals surface area contributed by atoms with Gasteiger partial charge in [0.1, 0.15) is 5.69 Å². The molecule has 0 aliphatic carbocycles. The predicted molar refractivity (Wildman–Crippen MR) is 79.1 cm³/mol. The molecular formula is C14H20BrN3O. The largest absolute Gasteiger partial charge is 0.349 e. The van der Waals surface area contributed by atoms with Crippen LogP contribution in [0.1, 0.15) is 37.2 Å². The normalized spacial score (nSPS) is 21.9. The van der Waals surface area contributed by atoms with E-state index >= 15 is 0 Å². The first-order valence-corrected chi connectivity index (χ1v) is 7.41. The minimum absolute atomic E-state index is 0.115. The number of nitrogens with zero attached hydrogens (tertiary/aromatic N) is 1. The molecule has 1 aromatic rings. The number of rotatable bonds is 3. The van der Waals surface area contributed by atoms with Crippen LogP contribution < -0.4 is 10.6 Å². The van der Waals surface area contributed by atoms with Crippen LogP contribution in [0.5, 0.6) is 0 Å². The zero-order valence-corrected chi connectivity index (χ0v) is 13.0. The fraction of sp³-hybridized carbons (Fsp3) is 0.571. The summed E-state index contributed by atoms with van der Waals surface area (Å²) in [7, 11) is 0. The van der Waals surface area contributed by atoms with Crippen LogP contribution in [0.3, 0.4) is 0 Å². The minimum atomic E-state index is -0.115. The molecule has 19 heavy (non-hydrogen) atoms. The molecule has 1 aromatic heterocycles. The number of piperidine rings is 1. The van der Waals surface area contributed by atoms with Crippen molar-refractivity contribution in [3.05, 3.63) is 28.5 Å². The van der Waals surface area contributed by atoms with Gasteiger partial charge in [0.15, 0.2) is 0 Å². The van der Waals surface area contributed by atoms with Crippen molar-refractivity contribution >= 4 is 21.8 Å². The van der Waals surface area contributed by atoms with E-state index in [1.54, 1.807) is 12.3 Å². The summed E-state index contributed by atoms with van der Waals surface area (Å²) in [6.45, 7) is 6.16. The van der Waals surface area contributed by atoms with Crippen LogP contribution in [-0.4, -0.2) is 30.0 Å². The first-order valence-electron chi connectivity index (χ1n) is 6.62. The third-order valence-electron chi connectivity index (χ3n) is 3.76. The summed E-state index contributed by atoms with van der Waals surface area (Å²) < 4.78 is 0.874. The molecule has 2 N–H and O–H groups in total. The van der Waals surface area contributed by atoms with E-state index in [4.69, 9.17) is 0 Å². The molecule has 5 heteroatoms. The molecule has 1 amide bonds. The van der Waals surface area contributed by atoms with Crippen LogP contribution in [-0.2, 0) is 0 Å². The number of hydrogen-bond acceptors (Lipinski definition) is 3. The summed E-state index contributed by atoms with van der Waals surface area (Å²) in [5.74, 6) is -0.115. The molecule has 1 aliphatic heterocycles. The van der Waals surface area contributed by atoms with E-state index in [0.717, 1.165) is 11.0 Å². The molecule has 104 valence electrons. The van der Waals surface area contributed by atoms with Gasteiger partial charge in [0, 0.05) is 23.3 Å². The zero-order valence-electron chi connectivity index (χ0n) is 11.4. The zero-order chi connectivity index (χ0) is 13.9. The Kier molecular flexibility index (Phi) is 4.58. The Labute approximate surface area is 122 Å². The molecule has 0 aromatic carbocycles. The highest BCUT2D eigenvalue weighted by atomic mass is 79.9. The Morgan fingerprint density at radius 3 is 3.00 bits per heavy atom. The van der Waals surface area contributed by atoms with Gasteiger partial charge in [-0.2, -0.15) is 0 Å². The van der Waals surface area contributed by atoms with E-state index in [9.17, 15) is 4.79 Å². The molecule has 4 nitrogen and oxygen atoms in total. The summed E-state index contributed by atoms with van der Waals surface area (Å²) in [4.78, 5) is 16.1. The molecule has 0 spiro atoms. The van der Waals surface area contributed by atoms with Gasteiger partial charge < -0.3 is 10.6 Å². The van der Waals surface area contributed by atoms with E-state index in [0.29, 0.717) is 18.3 Å². The Hall–Kier alpha value is -0.940. The number of hydrogen-bond donors (Lipinski definition) is 2. The van der Waals surface area contributed by atoms with Gasteiger partial charge in [0.25, 0.3) is 5.91 Å². The lowest BCUT2D eigenvalue weighted by Crippen LogP contribution is -2.52. The highest BCUT2D eigenvalue weighted by Crippen LogP contribution is 2.29. The molecule has 1 aliphatic rings. The van der Waals surface area contributed by atoms with E-state index < -0.39 is 0 Å². The molecule has 0 radical (unpaired) electrons. The van der Waals surface area contributed by atoms with Gasteiger partial charge in [-0.3, -0.25) is 4.79 Å². The van der Waals surface area contributed by atoms with Gasteiger partial charge in [0.2, 0.25) is 0 Å². The van der Waals surface area contributed by atoms with Crippen LogP contribution in [0.25, 0.3) is 0 Å². The average Bonchev–Trinajstić information content (AvgIpc) is 2.37. The second kappa shape index (κ2) is 6.01. The number of pyridine rings is 1. The molecule has 1 fully saturated rings. The standard InChI is InChI=1S/C14H20BrN3O/c1-14(2)6-3-7-16-12(14)9-18-13(19)11-5-4-10(15)8-17-11/h4-5,8,12,16H,3,6-7,9H2,1-2H3,(H,18,19). The average molecular weight is 326 g/mol. The number of aromatic nitrogens is 1. The number of nitrogens with one attached hydrogen (secondary N) is 2. The molecule has 0 saturated carbocycles. The monoisotopic (exact) mass is 325 g/mol. The Morgan fingerprint density at radius 1 is 1.58 bits per heavy atom. The first-order chi connectivity index (χ1) is 8.99. The predicted octanol–water partition coefficient (Wildman–Crippen LogP) is 2.35. The van der Waals surface area contributed by atoms with E-state index in [2.05, 4.69) is 45.4 Å². The highest BCUT2D eigenvalue weighted by molar-refractivity contribution is 9.10. The van der Waals surface area contributed by atoms with Crippen LogP contribution in [0.4, 0.5) is 0 Å². The van der Waals surface area contributed by atoms with Crippen molar-refractivity contribution in [2.24, 2.45) is 5.41 Å². The molecule has 1 saturated heterocycles. The van der Waals surface area contributed by atoms with Crippen molar-refractivity contribution < 1.29 is 4.79 Å². The van der Waals surface area contributed by atoms with Crippen molar-refractivity contribution in [2.75, 3.05) is 13.1 Å². The third-order valence-corrected chi connectivity index (χ3v) is 4.23.